The van der Waals surface area contributed by atoms with Crippen LogP contribution >= 0.6 is 0 Å². The van der Waals surface area contributed by atoms with E-state index >= 15 is 0 Å². The largest absolute Gasteiger partial charge is 0.353 e. The number of fused-ring (bicyclic) bond motifs is 1. The number of hydrogen-bond acceptors (Lipinski definition) is 3. The highest BCUT2D eigenvalue weighted by Gasteiger charge is 2.32. The van der Waals surface area contributed by atoms with Crippen molar-refractivity contribution in [2.45, 2.75) is 68.7 Å². The molecule has 4 rings (SSSR count). The summed E-state index contributed by atoms with van der Waals surface area (Å²) in [5.41, 5.74) is 1.01. The summed E-state index contributed by atoms with van der Waals surface area (Å²) in [7, 11) is -1.59. The summed E-state index contributed by atoms with van der Waals surface area (Å²) < 4.78 is 29.8. The molecule has 2 heterocycles. The van der Waals surface area contributed by atoms with E-state index in [1.165, 1.54) is 36.4 Å². The van der Waals surface area contributed by atoms with Gasteiger partial charge < -0.3 is 9.88 Å². The van der Waals surface area contributed by atoms with E-state index in [1.54, 1.807) is 12.1 Å². The van der Waals surface area contributed by atoms with Crippen LogP contribution < -0.4 is 5.32 Å². The molecule has 1 amide bonds. The number of aryl methyl sites for hydroxylation is 1. The van der Waals surface area contributed by atoms with E-state index in [1.807, 2.05) is 29.9 Å². The Kier molecular flexibility index (Phi) is 6.48. The smallest absolute Gasteiger partial charge is 0.243 e. The quantitative estimate of drug-likeness (QED) is 0.800. The molecule has 0 spiro atoms. The fraction of sp³-hybridized carbons (Fsp3) is 0.609. The van der Waals surface area contributed by atoms with Crippen molar-refractivity contribution in [3.63, 3.8) is 0 Å². The molecule has 0 radical (unpaired) electrons. The van der Waals surface area contributed by atoms with Crippen LogP contribution in [0.5, 0.6) is 0 Å². The molecule has 0 atom stereocenters. The maximum atomic E-state index is 13.1. The van der Waals surface area contributed by atoms with Crippen LogP contribution in [-0.2, 0) is 21.9 Å². The van der Waals surface area contributed by atoms with Gasteiger partial charge in [0.15, 0.2) is 0 Å². The first-order valence-electron chi connectivity index (χ1n) is 11.3. The monoisotopic (exact) mass is 431 g/mol. The lowest BCUT2D eigenvalue weighted by molar-refractivity contribution is -0.127. The van der Waals surface area contributed by atoms with Gasteiger partial charge in [-0.3, -0.25) is 4.79 Å². The minimum atomic E-state index is -3.54. The summed E-state index contributed by atoms with van der Waals surface area (Å²) in [5.74, 6) is 0.0295. The molecule has 0 unspecified atom stereocenters. The number of carbonyl (C=O) groups is 1. The summed E-state index contributed by atoms with van der Waals surface area (Å²) in [6.07, 6.45) is 11.5. The second kappa shape index (κ2) is 9.10. The maximum absolute atomic E-state index is 13.1. The molecule has 1 aromatic carbocycles. The zero-order valence-electron chi connectivity index (χ0n) is 17.8. The van der Waals surface area contributed by atoms with E-state index in [2.05, 4.69) is 5.32 Å². The first-order valence-corrected chi connectivity index (χ1v) is 12.7. The predicted octanol–water partition coefficient (Wildman–Crippen LogP) is 3.81. The average Bonchev–Trinajstić information content (AvgIpc) is 3.10. The topological polar surface area (TPSA) is 71.4 Å². The van der Waals surface area contributed by atoms with Gasteiger partial charge in [0.2, 0.25) is 15.9 Å². The van der Waals surface area contributed by atoms with Crippen molar-refractivity contribution in [2.24, 2.45) is 13.0 Å². The van der Waals surface area contributed by atoms with E-state index in [0.717, 1.165) is 23.7 Å². The van der Waals surface area contributed by atoms with Crippen LogP contribution in [0.4, 0.5) is 0 Å². The van der Waals surface area contributed by atoms with Crippen molar-refractivity contribution in [2.75, 3.05) is 13.1 Å². The van der Waals surface area contributed by atoms with Crippen LogP contribution in [0.15, 0.2) is 35.4 Å². The van der Waals surface area contributed by atoms with Crippen molar-refractivity contribution in [1.29, 1.82) is 0 Å². The third kappa shape index (κ3) is 4.57. The standard InChI is InChI=1S/C23H33N3O3S/c1-25-14-11-19-17-21(9-10-22(19)25)30(28,29)26-15-12-18(13-16-26)23(27)24-20-7-5-3-2-4-6-8-20/h9-11,14,17-18,20H,2-8,12-13,15-16H2,1H3,(H,24,27). The highest BCUT2D eigenvalue weighted by atomic mass is 32.2. The second-order valence-corrected chi connectivity index (χ2v) is 10.8. The van der Waals surface area contributed by atoms with Gasteiger partial charge in [-0.2, -0.15) is 4.31 Å². The highest BCUT2D eigenvalue weighted by molar-refractivity contribution is 7.89. The molecule has 1 saturated carbocycles. The third-order valence-corrected chi connectivity index (χ3v) is 8.67. The Bertz CT molecular complexity index is 982. The maximum Gasteiger partial charge on any atom is 0.243 e. The number of amides is 1. The van der Waals surface area contributed by atoms with Gasteiger partial charge in [-0.15, -0.1) is 0 Å². The first kappa shape index (κ1) is 21.4. The van der Waals surface area contributed by atoms with Crippen molar-refractivity contribution in [3.8, 4) is 0 Å². The molecular formula is C23H33N3O3S. The number of hydrogen-bond donors (Lipinski definition) is 1. The fourth-order valence-corrected chi connectivity index (χ4v) is 6.35. The van der Waals surface area contributed by atoms with Crippen LogP contribution in [0.25, 0.3) is 10.9 Å². The predicted molar refractivity (Wildman–Crippen MR) is 119 cm³/mol. The number of aromatic nitrogens is 1. The summed E-state index contributed by atoms with van der Waals surface area (Å²) in [4.78, 5) is 13.1. The molecule has 2 aliphatic rings. The molecule has 164 valence electrons. The SMILES string of the molecule is Cn1ccc2cc(S(=O)(=O)N3CCC(C(=O)NC4CCCCCCC4)CC3)ccc21. The van der Waals surface area contributed by atoms with Gasteiger partial charge in [0, 0.05) is 49.2 Å². The summed E-state index contributed by atoms with van der Waals surface area (Å²) in [5, 5.41) is 4.18. The average molecular weight is 432 g/mol. The van der Waals surface area contributed by atoms with Gasteiger partial charge >= 0.3 is 0 Å². The Labute approximate surface area is 179 Å². The van der Waals surface area contributed by atoms with Gasteiger partial charge in [0.25, 0.3) is 0 Å². The number of rotatable bonds is 4. The Morgan fingerprint density at radius 3 is 2.33 bits per heavy atom. The van der Waals surface area contributed by atoms with Crippen molar-refractivity contribution in [1.82, 2.24) is 14.2 Å². The lowest BCUT2D eigenvalue weighted by Gasteiger charge is -2.32. The van der Waals surface area contributed by atoms with Gasteiger partial charge in [0.05, 0.1) is 4.90 Å². The molecule has 1 N–H and O–H groups in total. The molecule has 6 nitrogen and oxygen atoms in total. The van der Waals surface area contributed by atoms with E-state index in [4.69, 9.17) is 0 Å². The molecular weight excluding hydrogens is 398 g/mol. The lowest BCUT2D eigenvalue weighted by Crippen LogP contribution is -2.45. The minimum absolute atomic E-state index is 0.0847. The molecule has 1 aliphatic carbocycles. The molecule has 30 heavy (non-hydrogen) atoms. The van der Waals surface area contributed by atoms with Crippen LogP contribution in [0.2, 0.25) is 0 Å². The third-order valence-electron chi connectivity index (χ3n) is 6.77. The van der Waals surface area contributed by atoms with Crippen LogP contribution in [-0.4, -0.2) is 42.3 Å². The van der Waals surface area contributed by atoms with E-state index in [9.17, 15) is 13.2 Å². The fourth-order valence-electron chi connectivity index (χ4n) is 4.85. The zero-order valence-corrected chi connectivity index (χ0v) is 18.7. The van der Waals surface area contributed by atoms with E-state index in [-0.39, 0.29) is 17.9 Å². The van der Waals surface area contributed by atoms with Gasteiger partial charge in [0.1, 0.15) is 0 Å². The van der Waals surface area contributed by atoms with E-state index in [0.29, 0.717) is 30.8 Å². The van der Waals surface area contributed by atoms with E-state index < -0.39 is 10.0 Å². The number of nitrogens with zero attached hydrogens (tertiary/aromatic N) is 2. The Balaban J connectivity index is 1.36. The number of benzene rings is 1. The minimum Gasteiger partial charge on any atom is -0.353 e. The van der Waals surface area contributed by atoms with Crippen LogP contribution in [0.3, 0.4) is 0 Å². The molecule has 1 saturated heterocycles. The molecule has 1 aliphatic heterocycles. The van der Waals surface area contributed by atoms with Crippen LogP contribution in [0.1, 0.15) is 57.8 Å². The van der Waals surface area contributed by atoms with Gasteiger partial charge in [-0.1, -0.05) is 32.1 Å². The van der Waals surface area contributed by atoms with Crippen molar-refractivity contribution in [3.05, 3.63) is 30.5 Å². The molecule has 0 bridgehead atoms. The first-order chi connectivity index (χ1) is 14.4. The van der Waals surface area contributed by atoms with Gasteiger partial charge in [-0.25, -0.2) is 8.42 Å². The molecule has 1 aromatic heterocycles. The molecule has 7 heteroatoms. The zero-order chi connectivity index (χ0) is 21.1. The number of nitrogens with one attached hydrogen (secondary N) is 1. The van der Waals surface area contributed by atoms with Crippen LogP contribution in [0, 0.1) is 5.92 Å². The van der Waals surface area contributed by atoms with Crippen molar-refractivity contribution < 1.29 is 13.2 Å². The van der Waals surface area contributed by atoms with Crippen molar-refractivity contribution >= 4 is 26.8 Å². The summed E-state index contributed by atoms with van der Waals surface area (Å²) in [6.45, 7) is 0.801. The second-order valence-electron chi connectivity index (χ2n) is 8.88. The summed E-state index contributed by atoms with van der Waals surface area (Å²) >= 11 is 0. The lowest BCUT2D eigenvalue weighted by atomic mass is 9.94. The summed E-state index contributed by atoms with van der Waals surface area (Å²) in [6, 6.07) is 7.51. The number of piperidine rings is 1. The Morgan fingerprint density at radius 2 is 1.63 bits per heavy atom. The normalized spacial score (nSPS) is 20.7. The molecule has 2 fully saturated rings. The van der Waals surface area contributed by atoms with Gasteiger partial charge in [-0.05, 0) is 49.9 Å². The Morgan fingerprint density at radius 1 is 0.967 bits per heavy atom. The highest BCUT2D eigenvalue weighted by Crippen LogP contribution is 2.27. The number of carbonyl (C=O) groups excluding carboxylic acids is 1. The molecule has 2 aromatic rings. The Hall–Kier alpha value is -1.86. The number of sulfonamides is 1.